The predicted octanol–water partition coefficient (Wildman–Crippen LogP) is 4.26. The van der Waals surface area contributed by atoms with Crippen LogP contribution in [0.15, 0.2) is 59.0 Å². The molecule has 0 aliphatic rings. The van der Waals surface area contributed by atoms with Gasteiger partial charge in [0.25, 0.3) is 0 Å². The average molecular weight is 351 g/mol. The van der Waals surface area contributed by atoms with Gasteiger partial charge in [-0.1, -0.05) is 18.2 Å². The van der Waals surface area contributed by atoms with E-state index in [0.717, 1.165) is 16.8 Å². The highest BCUT2D eigenvalue weighted by atomic mass is 16.4. The number of anilines is 1. The molecule has 0 bridgehead atoms. The monoisotopic (exact) mass is 351 g/mol. The van der Waals surface area contributed by atoms with E-state index in [0.29, 0.717) is 18.1 Å². The molecule has 1 heterocycles. The van der Waals surface area contributed by atoms with Crippen molar-refractivity contribution in [2.45, 2.75) is 13.5 Å². The number of rotatable bonds is 6. The van der Waals surface area contributed by atoms with E-state index in [1.54, 1.807) is 30.3 Å². The molecule has 0 saturated heterocycles. The number of benzene rings is 2. The van der Waals surface area contributed by atoms with Crippen molar-refractivity contribution in [1.29, 1.82) is 0 Å². The van der Waals surface area contributed by atoms with Gasteiger partial charge in [-0.2, -0.15) is 0 Å². The Balaban J connectivity index is 1.72. The normalized spacial score (nSPS) is 10.5. The number of carboxylic acids is 2. The summed E-state index contributed by atoms with van der Waals surface area (Å²) >= 11 is 0. The molecule has 3 N–H and O–H groups in total. The lowest BCUT2D eigenvalue weighted by molar-refractivity contribution is 0.0686. The second kappa shape index (κ2) is 7.14. The molecule has 0 aliphatic heterocycles. The molecule has 0 unspecified atom stereocenters. The molecule has 0 spiro atoms. The zero-order chi connectivity index (χ0) is 18.7. The van der Waals surface area contributed by atoms with Crippen LogP contribution in [0.4, 0.5) is 5.69 Å². The van der Waals surface area contributed by atoms with Crippen LogP contribution >= 0.6 is 0 Å². The molecule has 0 aliphatic carbocycles. The third-order valence-electron chi connectivity index (χ3n) is 4.02. The third-order valence-corrected chi connectivity index (χ3v) is 4.02. The maximum atomic E-state index is 11.1. The molecule has 6 heteroatoms. The molecule has 1 aromatic heterocycles. The van der Waals surface area contributed by atoms with Crippen LogP contribution in [0, 0.1) is 6.92 Å². The van der Waals surface area contributed by atoms with Gasteiger partial charge in [0.05, 0.1) is 17.7 Å². The van der Waals surface area contributed by atoms with E-state index in [9.17, 15) is 9.59 Å². The Hall–Kier alpha value is -3.54. The second-order valence-corrected chi connectivity index (χ2v) is 5.84. The van der Waals surface area contributed by atoms with Crippen molar-refractivity contribution in [3.8, 4) is 11.3 Å². The fourth-order valence-electron chi connectivity index (χ4n) is 2.53. The highest BCUT2D eigenvalue weighted by Crippen LogP contribution is 2.24. The van der Waals surface area contributed by atoms with E-state index in [1.165, 1.54) is 12.1 Å². The topological polar surface area (TPSA) is 99.8 Å². The van der Waals surface area contributed by atoms with Crippen molar-refractivity contribution >= 4 is 17.6 Å². The van der Waals surface area contributed by atoms with E-state index >= 15 is 0 Å². The van der Waals surface area contributed by atoms with Crippen LogP contribution < -0.4 is 5.32 Å². The summed E-state index contributed by atoms with van der Waals surface area (Å²) in [6, 6.07) is 15.0. The number of hydrogen-bond acceptors (Lipinski definition) is 4. The van der Waals surface area contributed by atoms with Crippen molar-refractivity contribution in [3.05, 3.63) is 77.0 Å². The lowest BCUT2D eigenvalue weighted by atomic mass is 10.1. The van der Waals surface area contributed by atoms with Gasteiger partial charge in [-0.25, -0.2) is 9.59 Å². The molecule has 0 saturated carbocycles. The first kappa shape index (κ1) is 17.3. The van der Waals surface area contributed by atoms with Crippen LogP contribution in [0.2, 0.25) is 0 Å². The van der Waals surface area contributed by atoms with E-state index in [2.05, 4.69) is 5.32 Å². The van der Waals surface area contributed by atoms with Gasteiger partial charge in [-0.15, -0.1) is 0 Å². The summed E-state index contributed by atoms with van der Waals surface area (Å²) in [7, 11) is 0. The molecule has 6 nitrogen and oxygen atoms in total. The molecular weight excluding hydrogens is 334 g/mol. The minimum absolute atomic E-state index is 0.219. The van der Waals surface area contributed by atoms with Gasteiger partial charge in [-0.05, 0) is 48.9 Å². The maximum absolute atomic E-state index is 11.1. The number of carboxylic acid groups (broad SMARTS) is 2. The van der Waals surface area contributed by atoms with E-state index in [1.807, 2.05) is 19.1 Å². The predicted molar refractivity (Wildman–Crippen MR) is 96.6 cm³/mol. The quantitative estimate of drug-likeness (QED) is 0.613. The summed E-state index contributed by atoms with van der Waals surface area (Å²) in [5.41, 5.74) is 2.89. The number of furan rings is 1. The van der Waals surface area contributed by atoms with Gasteiger partial charge in [0.15, 0.2) is 0 Å². The first-order valence-corrected chi connectivity index (χ1v) is 7.94. The van der Waals surface area contributed by atoms with Crippen molar-refractivity contribution in [2.24, 2.45) is 0 Å². The standard InChI is InChI=1S/C20H17NO5/c1-12-2-3-15(20(24)25)10-17(12)21-11-16-8-9-18(26-16)13-4-6-14(7-5-13)19(22)23/h2-10,21H,11H2,1H3,(H,22,23)(H,24,25). The Bertz CT molecular complexity index is 957. The molecular formula is C20H17NO5. The second-order valence-electron chi connectivity index (χ2n) is 5.84. The average Bonchev–Trinajstić information content (AvgIpc) is 3.10. The molecule has 26 heavy (non-hydrogen) atoms. The highest BCUT2D eigenvalue weighted by molar-refractivity contribution is 5.89. The molecule has 0 radical (unpaired) electrons. The van der Waals surface area contributed by atoms with Gasteiger partial charge in [0, 0.05) is 11.3 Å². The summed E-state index contributed by atoms with van der Waals surface area (Å²) in [6.45, 7) is 2.29. The van der Waals surface area contributed by atoms with Gasteiger partial charge in [0.2, 0.25) is 0 Å². The smallest absolute Gasteiger partial charge is 0.335 e. The van der Waals surface area contributed by atoms with Gasteiger partial charge in [-0.3, -0.25) is 0 Å². The summed E-state index contributed by atoms with van der Waals surface area (Å²) in [4.78, 5) is 22.0. The van der Waals surface area contributed by atoms with Crippen LogP contribution in [0.1, 0.15) is 32.0 Å². The van der Waals surface area contributed by atoms with Crippen LogP contribution in [-0.4, -0.2) is 22.2 Å². The van der Waals surface area contributed by atoms with Crippen molar-refractivity contribution in [3.63, 3.8) is 0 Å². The Morgan fingerprint density at radius 1 is 0.923 bits per heavy atom. The van der Waals surface area contributed by atoms with Crippen LogP contribution in [0.5, 0.6) is 0 Å². The Kier molecular flexibility index (Phi) is 4.75. The van der Waals surface area contributed by atoms with Crippen LogP contribution in [0.25, 0.3) is 11.3 Å². The van der Waals surface area contributed by atoms with E-state index in [-0.39, 0.29) is 11.1 Å². The summed E-state index contributed by atoms with van der Waals surface area (Å²) in [6.07, 6.45) is 0. The lowest BCUT2D eigenvalue weighted by Crippen LogP contribution is -2.03. The summed E-state index contributed by atoms with van der Waals surface area (Å²) < 4.78 is 5.78. The van der Waals surface area contributed by atoms with E-state index < -0.39 is 11.9 Å². The number of aromatic carboxylic acids is 2. The van der Waals surface area contributed by atoms with Crippen molar-refractivity contribution < 1.29 is 24.2 Å². The van der Waals surface area contributed by atoms with Gasteiger partial charge >= 0.3 is 11.9 Å². The maximum Gasteiger partial charge on any atom is 0.335 e. The molecule has 2 aromatic carbocycles. The highest BCUT2D eigenvalue weighted by Gasteiger charge is 2.09. The lowest BCUT2D eigenvalue weighted by Gasteiger charge is -2.09. The van der Waals surface area contributed by atoms with Gasteiger partial charge in [0.1, 0.15) is 11.5 Å². The molecule has 3 aromatic rings. The third kappa shape index (κ3) is 3.75. The molecule has 132 valence electrons. The number of carbonyl (C=O) groups is 2. The van der Waals surface area contributed by atoms with Crippen LogP contribution in [0.3, 0.4) is 0 Å². The minimum atomic E-state index is -0.974. The first-order valence-electron chi connectivity index (χ1n) is 7.94. The molecule has 0 amide bonds. The number of aryl methyl sites for hydroxylation is 1. The SMILES string of the molecule is Cc1ccc(C(=O)O)cc1NCc1ccc(-c2ccc(C(=O)O)cc2)o1. The van der Waals surface area contributed by atoms with Crippen molar-refractivity contribution in [2.75, 3.05) is 5.32 Å². The Morgan fingerprint density at radius 2 is 1.58 bits per heavy atom. The number of hydrogen-bond donors (Lipinski definition) is 3. The molecule has 3 rings (SSSR count). The fraction of sp³-hybridized carbons (Fsp3) is 0.100. The fourth-order valence-corrected chi connectivity index (χ4v) is 2.53. The Labute approximate surface area is 149 Å². The molecule has 0 fully saturated rings. The largest absolute Gasteiger partial charge is 0.478 e. The van der Waals surface area contributed by atoms with Crippen LogP contribution in [-0.2, 0) is 6.54 Å². The molecule has 0 atom stereocenters. The van der Waals surface area contributed by atoms with Crippen molar-refractivity contribution in [1.82, 2.24) is 0 Å². The minimum Gasteiger partial charge on any atom is -0.478 e. The first-order chi connectivity index (χ1) is 12.4. The zero-order valence-corrected chi connectivity index (χ0v) is 14.0. The number of nitrogens with one attached hydrogen (secondary N) is 1. The zero-order valence-electron chi connectivity index (χ0n) is 14.0. The van der Waals surface area contributed by atoms with E-state index in [4.69, 9.17) is 14.6 Å². The summed E-state index contributed by atoms with van der Waals surface area (Å²) in [5, 5.41) is 21.2. The van der Waals surface area contributed by atoms with Gasteiger partial charge < -0.3 is 19.9 Å². The Morgan fingerprint density at radius 3 is 2.23 bits per heavy atom. The summed E-state index contributed by atoms with van der Waals surface area (Å²) in [5.74, 6) is -0.629.